The summed E-state index contributed by atoms with van der Waals surface area (Å²) in [6.45, 7) is -0.192. The van der Waals surface area contributed by atoms with Crippen LogP contribution in [0.5, 0.6) is 5.75 Å². The van der Waals surface area contributed by atoms with Gasteiger partial charge in [0.05, 0.1) is 19.1 Å². The molecule has 19 heavy (non-hydrogen) atoms. The van der Waals surface area contributed by atoms with Gasteiger partial charge < -0.3 is 15.2 Å². The van der Waals surface area contributed by atoms with Crippen LogP contribution in [0, 0.1) is 0 Å². The standard InChI is InChI=1S/C11H16N2O5S/c1-17-8-3-5-9(6-4-8)19(15,16)13-10(7-12)11(14)18-2/h3-6,10,13H,7,12H2,1-2H3/t10-/m0/s1. The maximum atomic E-state index is 12.0. The summed E-state index contributed by atoms with van der Waals surface area (Å²) in [6, 6.07) is 4.63. The number of carbonyl (C=O) groups is 1. The minimum Gasteiger partial charge on any atom is -0.497 e. The number of hydrogen-bond donors (Lipinski definition) is 2. The third kappa shape index (κ3) is 3.91. The fourth-order valence-electron chi connectivity index (χ4n) is 1.34. The topological polar surface area (TPSA) is 108 Å². The zero-order valence-corrected chi connectivity index (χ0v) is 11.4. The van der Waals surface area contributed by atoms with E-state index in [0.717, 1.165) is 7.11 Å². The van der Waals surface area contributed by atoms with E-state index in [2.05, 4.69) is 9.46 Å². The van der Waals surface area contributed by atoms with Crippen molar-refractivity contribution in [2.24, 2.45) is 5.73 Å². The average molecular weight is 288 g/mol. The van der Waals surface area contributed by atoms with E-state index in [-0.39, 0.29) is 11.4 Å². The predicted molar refractivity (Wildman–Crippen MR) is 68.2 cm³/mol. The van der Waals surface area contributed by atoms with E-state index in [0.29, 0.717) is 5.75 Å². The first-order chi connectivity index (χ1) is 8.94. The van der Waals surface area contributed by atoms with Gasteiger partial charge in [-0.05, 0) is 24.3 Å². The van der Waals surface area contributed by atoms with Crippen LogP contribution >= 0.6 is 0 Å². The summed E-state index contributed by atoms with van der Waals surface area (Å²) in [6.07, 6.45) is 0. The number of esters is 1. The number of carbonyl (C=O) groups excluding carboxylic acids is 1. The van der Waals surface area contributed by atoms with Crippen molar-refractivity contribution in [1.29, 1.82) is 0 Å². The lowest BCUT2D eigenvalue weighted by Crippen LogP contribution is -2.46. The van der Waals surface area contributed by atoms with Crippen molar-refractivity contribution < 1.29 is 22.7 Å². The molecule has 0 aromatic heterocycles. The second-order valence-electron chi connectivity index (χ2n) is 3.61. The molecule has 1 aromatic rings. The lowest BCUT2D eigenvalue weighted by molar-refractivity contribution is -0.142. The summed E-state index contributed by atoms with van der Waals surface area (Å²) in [5.41, 5.74) is 5.33. The van der Waals surface area contributed by atoms with E-state index in [1.807, 2.05) is 0 Å². The second-order valence-corrected chi connectivity index (χ2v) is 5.32. The van der Waals surface area contributed by atoms with E-state index in [1.165, 1.54) is 31.4 Å². The van der Waals surface area contributed by atoms with Crippen molar-refractivity contribution in [2.75, 3.05) is 20.8 Å². The van der Waals surface area contributed by atoms with Crippen molar-refractivity contribution >= 4 is 16.0 Å². The third-order valence-corrected chi connectivity index (χ3v) is 3.88. The molecule has 0 bridgehead atoms. The van der Waals surface area contributed by atoms with E-state index < -0.39 is 22.0 Å². The third-order valence-electron chi connectivity index (χ3n) is 2.39. The number of rotatable bonds is 6. The molecule has 0 aliphatic carbocycles. The molecule has 0 spiro atoms. The number of hydrogen-bond acceptors (Lipinski definition) is 6. The van der Waals surface area contributed by atoms with Crippen LogP contribution in [-0.2, 0) is 19.6 Å². The average Bonchev–Trinajstić information content (AvgIpc) is 2.44. The van der Waals surface area contributed by atoms with Crippen molar-refractivity contribution in [3.63, 3.8) is 0 Å². The highest BCUT2D eigenvalue weighted by atomic mass is 32.2. The summed E-state index contributed by atoms with van der Waals surface area (Å²) >= 11 is 0. The number of methoxy groups -OCH3 is 2. The van der Waals surface area contributed by atoms with Crippen LogP contribution < -0.4 is 15.2 Å². The molecule has 1 aromatic carbocycles. The van der Waals surface area contributed by atoms with Gasteiger partial charge in [0, 0.05) is 6.54 Å². The van der Waals surface area contributed by atoms with Gasteiger partial charge in [0.1, 0.15) is 11.8 Å². The van der Waals surface area contributed by atoms with Gasteiger partial charge in [-0.1, -0.05) is 0 Å². The molecule has 0 radical (unpaired) electrons. The number of sulfonamides is 1. The molecule has 1 rings (SSSR count). The molecule has 0 heterocycles. The highest BCUT2D eigenvalue weighted by molar-refractivity contribution is 7.89. The normalized spacial score (nSPS) is 12.8. The highest BCUT2D eigenvalue weighted by Crippen LogP contribution is 2.15. The first-order valence-electron chi connectivity index (χ1n) is 5.39. The van der Waals surface area contributed by atoms with Gasteiger partial charge >= 0.3 is 5.97 Å². The summed E-state index contributed by atoms with van der Waals surface area (Å²) in [7, 11) is -1.20. The molecule has 0 saturated carbocycles. The molecule has 0 aliphatic rings. The van der Waals surface area contributed by atoms with Gasteiger partial charge in [-0.2, -0.15) is 4.72 Å². The molecular formula is C11H16N2O5S. The SMILES string of the molecule is COC(=O)[C@H](CN)NS(=O)(=O)c1ccc(OC)cc1. The van der Waals surface area contributed by atoms with Gasteiger partial charge in [0.15, 0.2) is 0 Å². The molecule has 0 unspecified atom stereocenters. The predicted octanol–water partition coefficient (Wildman–Crippen LogP) is -0.526. The largest absolute Gasteiger partial charge is 0.497 e. The van der Waals surface area contributed by atoms with Crippen LogP contribution in [0.1, 0.15) is 0 Å². The number of nitrogens with two attached hydrogens (primary N) is 1. The Labute approximate surface area is 111 Å². The lowest BCUT2D eigenvalue weighted by Gasteiger charge is -2.14. The minimum atomic E-state index is -3.84. The van der Waals surface area contributed by atoms with E-state index in [9.17, 15) is 13.2 Å². The summed E-state index contributed by atoms with van der Waals surface area (Å²) in [5, 5.41) is 0. The molecule has 1 atom stereocenters. The van der Waals surface area contributed by atoms with E-state index in [1.54, 1.807) is 0 Å². The number of ether oxygens (including phenoxy) is 2. The minimum absolute atomic E-state index is 0.00986. The molecule has 0 saturated heterocycles. The van der Waals surface area contributed by atoms with Crippen molar-refractivity contribution in [1.82, 2.24) is 4.72 Å². The Balaban J connectivity index is 2.93. The second kappa shape index (κ2) is 6.50. The van der Waals surface area contributed by atoms with E-state index >= 15 is 0 Å². The molecule has 8 heteroatoms. The van der Waals surface area contributed by atoms with Crippen molar-refractivity contribution in [3.05, 3.63) is 24.3 Å². The highest BCUT2D eigenvalue weighted by Gasteiger charge is 2.25. The van der Waals surface area contributed by atoms with Crippen LogP contribution in [0.25, 0.3) is 0 Å². The Hall–Kier alpha value is -1.64. The zero-order chi connectivity index (χ0) is 14.5. The monoisotopic (exact) mass is 288 g/mol. The van der Waals surface area contributed by atoms with Crippen LogP contribution in [0.4, 0.5) is 0 Å². The van der Waals surface area contributed by atoms with Gasteiger partial charge in [-0.15, -0.1) is 0 Å². The summed E-state index contributed by atoms with van der Waals surface area (Å²) < 4.78 is 35.6. The molecule has 0 fully saturated rings. The van der Waals surface area contributed by atoms with Crippen LogP contribution in [-0.4, -0.2) is 41.2 Å². The lowest BCUT2D eigenvalue weighted by atomic mass is 10.3. The van der Waals surface area contributed by atoms with Gasteiger partial charge in [-0.3, -0.25) is 4.79 Å². The van der Waals surface area contributed by atoms with Gasteiger partial charge in [0.2, 0.25) is 10.0 Å². The van der Waals surface area contributed by atoms with Crippen LogP contribution in [0.2, 0.25) is 0 Å². The molecule has 106 valence electrons. The number of nitrogens with one attached hydrogen (secondary N) is 1. The fourth-order valence-corrected chi connectivity index (χ4v) is 2.54. The maximum Gasteiger partial charge on any atom is 0.325 e. The fraction of sp³-hybridized carbons (Fsp3) is 0.364. The molecule has 7 nitrogen and oxygen atoms in total. The maximum absolute atomic E-state index is 12.0. The smallest absolute Gasteiger partial charge is 0.325 e. The van der Waals surface area contributed by atoms with E-state index in [4.69, 9.17) is 10.5 Å². The molecular weight excluding hydrogens is 272 g/mol. The molecule has 0 aliphatic heterocycles. The Kier molecular flexibility index (Phi) is 5.28. The Morgan fingerprint density at radius 3 is 2.32 bits per heavy atom. The Morgan fingerprint density at radius 2 is 1.89 bits per heavy atom. The summed E-state index contributed by atoms with van der Waals surface area (Å²) in [5.74, 6) is -0.207. The van der Waals surface area contributed by atoms with Crippen molar-refractivity contribution in [2.45, 2.75) is 10.9 Å². The van der Waals surface area contributed by atoms with Gasteiger partial charge in [0.25, 0.3) is 0 Å². The van der Waals surface area contributed by atoms with Crippen molar-refractivity contribution in [3.8, 4) is 5.75 Å². The first-order valence-corrected chi connectivity index (χ1v) is 6.87. The number of benzene rings is 1. The summed E-state index contributed by atoms with van der Waals surface area (Å²) in [4.78, 5) is 11.3. The van der Waals surface area contributed by atoms with Gasteiger partial charge in [-0.25, -0.2) is 8.42 Å². The van der Waals surface area contributed by atoms with Crippen LogP contribution in [0.3, 0.4) is 0 Å². The zero-order valence-electron chi connectivity index (χ0n) is 10.6. The Morgan fingerprint density at radius 1 is 1.32 bits per heavy atom. The van der Waals surface area contributed by atoms with Crippen LogP contribution in [0.15, 0.2) is 29.2 Å². The quantitative estimate of drug-likeness (QED) is 0.682. The molecule has 3 N–H and O–H groups in total. The first kappa shape index (κ1) is 15.4. The molecule has 0 amide bonds. The Bertz CT molecular complexity index is 527.